The predicted molar refractivity (Wildman–Crippen MR) is 95.4 cm³/mol. The predicted octanol–water partition coefficient (Wildman–Crippen LogP) is 1.28. The number of aromatic nitrogens is 1. The molecule has 2 aromatic carbocycles. The third kappa shape index (κ3) is 4.03. The van der Waals surface area contributed by atoms with E-state index in [1.807, 2.05) is 24.3 Å². The van der Waals surface area contributed by atoms with Crippen LogP contribution in [0.3, 0.4) is 0 Å². The number of para-hydroxylation sites is 2. The van der Waals surface area contributed by atoms with E-state index in [1.54, 1.807) is 30.5 Å². The number of aliphatic carboxylic acids is 1. The van der Waals surface area contributed by atoms with Gasteiger partial charge in [-0.1, -0.05) is 36.4 Å². The van der Waals surface area contributed by atoms with Crippen molar-refractivity contribution in [3.63, 3.8) is 0 Å². The van der Waals surface area contributed by atoms with E-state index in [1.165, 1.54) is 0 Å². The smallest absolute Gasteiger partial charge is 0.220 e. The summed E-state index contributed by atoms with van der Waals surface area (Å²) in [5.41, 5.74) is 2.35. The zero-order chi connectivity index (χ0) is 18.5. The highest BCUT2D eigenvalue weighted by Crippen LogP contribution is 2.19. The van der Waals surface area contributed by atoms with Gasteiger partial charge >= 0.3 is 0 Å². The molecule has 0 saturated heterocycles. The fourth-order valence-corrected chi connectivity index (χ4v) is 2.95. The average molecular weight is 351 g/mol. The van der Waals surface area contributed by atoms with Gasteiger partial charge in [0, 0.05) is 29.9 Å². The van der Waals surface area contributed by atoms with Crippen LogP contribution >= 0.6 is 0 Å². The van der Waals surface area contributed by atoms with Crippen molar-refractivity contribution >= 4 is 22.8 Å². The molecule has 0 radical (unpaired) electrons. The molecule has 1 amide bonds. The number of hydrogen-bond acceptors (Lipinski definition) is 4. The highest BCUT2D eigenvalue weighted by molar-refractivity contribution is 5.86. The number of H-pyrrole nitrogens is 1. The molecule has 6 heteroatoms. The maximum Gasteiger partial charge on any atom is 0.220 e. The van der Waals surface area contributed by atoms with Crippen LogP contribution in [0.2, 0.25) is 0 Å². The number of carboxylic acids is 1. The molecule has 3 aromatic rings. The van der Waals surface area contributed by atoms with Gasteiger partial charge in [-0.25, -0.2) is 0 Å². The average Bonchev–Trinajstić information content (AvgIpc) is 3.03. The van der Waals surface area contributed by atoms with Gasteiger partial charge < -0.3 is 25.3 Å². The van der Waals surface area contributed by atoms with Crippen LogP contribution in [0.1, 0.15) is 17.5 Å². The summed E-state index contributed by atoms with van der Waals surface area (Å²) < 4.78 is 0. The van der Waals surface area contributed by atoms with Gasteiger partial charge in [-0.15, -0.1) is 0 Å². The summed E-state index contributed by atoms with van der Waals surface area (Å²) in [6.07, 6.45) is 2.28. The topological polar surface area (TPSA) is 105 Å². The van der Waals surface area contributed by atoms with Gasteiger partial charge in [0.2, 0.25) is 5.91 Å². The molecule has 26 heavy (non-hydrogen) atoms. The van der Waals surface area contributed by atoms with E-state index in [2.05, 4.69) is 10.3 Å². The normalized spacial score (nSPS) is 12.0. The number of aromatic hydroxyl groups is 1. The standard InChI is InChI=1S/C20H20N2O4/c23-18-8-4-1-5-13(18)9-10-19(24)22-17(20(25)26)11-14-12-21-16-7-3-2-6-15(14)16/h1-8,12,17,21,23H,9-11H2,(H,22,24)(H,25,26)/p-1/t17-/m1/s1. The highest BCUT2D eigenvalue weighted by Gasteiger charge is 2.16. The van der Waals surface area contributed by atoms with Crippen LogP contribution in [0.5, 0.6) is 5.75 Å². The van der Waals surface area contributed by atoms with Crippen molar-refractivity contribution in [3.8, 4) is 5.75 Å². The van der Waals surface area contributed by atoms with Crippen molar-refractivity contribution in [1.82, 2.24) is 10.3 Å². The maximum atomic E-state index is 12.1. The molecule has 0 fully saturated rings. The Labute approximate surface area is 150 Å². The lowest BCUT2D eigenvalue weighted by Crippen LogP contribution is -2.49. The van der Waals surface area contributed by atoms with Crippen molar-refractivity contribution in [2.24, 2.45) is 0 Å². The van der Waals surface area contributed by atoms with Gasteiger partial charge in [-0.05, 0) is 29.7 Å². The maximum absolute atomic E-state index is 12.1. The third-order valence-electron chi connectivity index (χ3n) is 4.33. The van der Waals surface area contributed by atoms with Crippen LogP contribution in [-0.2, 0) is 22.4 Å². The molecule has 134 valence electrons. The van der Waals surface area contributed by atoms with Crippen LogP contribution < -0.4 is 10.4 Å². The van der Waals surface area contributed by atoms with Crippen molar-refractivity contribution < 1.29 is 19.8 Å². The number of carboxylic acid groups (broad SMARTS) is 1. The lowest BCUT2D eigenvalue weighted by atomic mass is 10.0. The molecule has 0 unspecified atom stereocenters. The molecule has 1 atom stereocenters. The number of phenols is 1. The first-order valence-corrected chi connectivity index (χ1v) is 8.36. The molecule has 0 spiro atoms. The number of aromatic amines is 1. The Morgan fingerprint density at radius 1 is 1.08 bits per heavy atom. The number of hydrogen-bond donors (Lipinski definition) is 3. The van der Waals surface area contributed by atoms with Gasteiger partial charge in [-0.3, -0.25) is 4.79 Å². The molecule has 0 bridgehead atoms. The van der Waals surface area contributed by atoms with Crippen molar-refractivity contribution in [2.75, 3.05) is 0 Å². The molecule has 0 saturated carbocycles. The quantitative estimate of drug-likeness (QED) is 0.596. The highest BCUT2D eigenvalue weighted by atomic mass is 16.4. The largest absolute Gasteiger partial charge is 0.548 e. The Morgan fingerprint density at radius 2 is 1.81 bits per heavy atom. The lowest BCUT2D eigenvalue weighted by molar-refractivity contribution is -0.308. The summed E-state index contributed by atoms with van der Waals surface area (Å²) >= 11 is 0. The number of benzene rings is 2. The zero-order valence-electron chi connectivity index (χ0n) is 14.1. The summed E-state index contributed by atoms with van der Waals surface area (Å²) in [6.45, 7) is 0. The van der Waals surface area contributed by atoms with E-state index < -0.39 is 17.9 Å². The van der Waals surface area contributed by atoms with Crippen LogP contribution in [0.15, 0.2) is 54.7 Å². The molecular weight excluding hydrogens is 332 g/mol. The number of fused-ring (bicyclic) bond motifs is 1. The van der Waals surface area contributed by atoms with Gasteiger partial charge in [-0.2, -0.15) is 0 Å². The number of rotatable bonds is 7. The molecule has 0 aliphatic heterocycles. The molecule has 3 rings (SSSR count). The molecule has 1 heterocycles. The van der Waals surface area contributed by atoms with Gasteiger partial charge in [0.1, 0.15) is 5.75 Å². The summed E-state index contributed by atoms with van der Waals surface area (Å²) in [6, 6.07) is 13.2. The van der Waals surface area contributed by atoms with E-state index in [4.69, 9.17) is 0 Å². The monoisotopic (exact) mass is 351 g/mol. The van der Waals surface area contributed by atoms with Crippen molar-refractivity contribution in [2.45, 2.75) is 25.3 Å². The first kappa shape index (κ1) is 17.5. The number of carbonyl (C=O) groups excluding carboxylic acids is 2. The fourth-order valence-electron chi connectivity index (χ4n) is 2.95. The van der Waals surface area contributed by atoms with Crippen LogP contribution in [0.4, 0.5) is 0 Å². The minimum absolute atomic E-state index is 0.0786. The Balaban J connectivity index is 1.64. The lowest BCUT2D eigenvalue weighted by Gasteiger charge is -2.19. The molecule has 3 N–H and O–H groups in total. The molecule has 1 aromatic heterocycles. The van der Waals surface area contributed by atoms with Gasteiger partial charge in [0.25, 0.3) is 0 Å². The summed E-state index contributed by atoms with van der Waals surface area (Å²) in [5.74, 6) is -1.61. The second-order valence-electron chi connectivity index (χ2n) is 6.13. The summed E-state index contributed by atoms with van der Waals surface area (Å²) in [5, 5.41) is 24.6. The zero-order valence-corrected chi connectivity index (χ0v) is 14.1. The Kier molecular flexibility index (Phi) is 5.22. The number of phenolic OH excluding ortho intramolecular Hbond substituents is 1. The van der Waals surface area contributed by atoms with Gasteiger partial charge in [0.05, 0.1) is 12.0 Å². The van der Waals surface area contributed by atoms with E-state index in [0.29, 0.717) is 12.0 Å². The number of amides is 1. The van der Waals surface area contributed by atoms with Crippen molar-refractivity contribution in [3.05, 3.63) is 65.9 Å². The van der Waals surface area contributed by atoms with Gasteiger partial charge in [0.15, 0.2) is 0 Å². The minimum Gasteiger partial charge on any atom is -0.548 e. The second kappa shape index (κ2) is 7.74. The first-order valence-electron chi connectivity index (χ1n) is 8.36. The first-order chi connectivity index (χ1) is 12.5. The second-order valence-corrected chi connectivity index (χ2v) is 6.13. The van der Waals surface area contributed by atoms with E-state index in [9.17, 15) is 19.8 Å². The number of nitrogens with one attached hydrogen (secondary N) is 2. The van der Waals surface area contributed by atoms with E-state index >= 15 is 0 Å². The number of carbonyl (C=O) groups is 2. The van der Waals surface area contributed by atoms with E-state index in [-0.39, 0.29) is 18.6 Å². The molecular formula is C20H19N2O4-. The molecule has 6 nitrogen and oxygen atoms in total. The van der Waals surface area contributed by atoms with Crippen LogP contribution in [-0.4, -0.2) is 28.0 Å². The Bertz CT molecular complexity index is 932. The van der Waals surface area contributed by atoms with Crippen molar-refractivity contribution in [1.29, 1.82) is 0 Å². The van der Waals surface area contributed by atoms with Crippen LogP contribution in [0, 0.1) is 0 Å². The summed E-state index contributed by atoms with van der Waals surface area (Å²) in [4.78, 5) is 26.7. The van der Waals surface area contributed by atoms with Crippen LogP contribution in [0.25, 0.3) is 10.9 Å². The molecule has 0 aliphatic carbocycles. The Morgan fingerprint density at radius 3 is 2.58 bits per heavy atom. The SMILES string of the molecule is O=C(CCc1ccccc1O)N[C@H](Cc1c[nH]c2ccccc12)C(=O)[O-]. The summed E-state index contributed by atoms with van der Waals surface area (Å²) in [7, 11) is 0. The minimum atomic E-state index is -1.33. The number of aryl methyl sites for hydroxylation is 1. The fraction of sp³-hybridized carbons (Fsp3) is 0.200. The molecule has 0 aliphatic rings. The third-order valence-corrected chi connectivity index (χ3v) is 4.33. The Hall–Kier alpha value is -3.28. The van der Waals surface area contributed by atoms with E-state index in [0.717, 1.165) is 16.5 Å².